The molecule has 3 aromatic heterocycles. The number of nitrogens with zero attached hydrogens (tertiary/aromatic N) is 5. The largest absolute Gasteiger partial charge is 0.491 e. The third-order valence-electron chi connectivity index (χ3n) is 6.04. The Bertz CT molecular complexity index is 1270. The number of imidazole rings is 1. The zero-order valence-corrected chi connectivity index (χ0v) is 18.8. The highest BCUT2D eigenvalue weighted by Gasteiger charge is 2.16. The molecular weight excluding hydrogens is 418 g/mol. The maximum absolute atomic E-state index is 6.43. The molecule has 1 aliphatic rings. The molecule has 0 spiro atoms. The third kappa shape index (κ3) is 4.55. The smallest absolute Gasteiger partial charge is 0.150 e. The Morgan fingerprint density at radius 2 is 2.21 bits per heavy atom. The number of aromatic nitrogens is 4. The van der Waals surface area contributed by atoms with Crippen LogP contribution in [0.25, 0.3) is 16.6 Å². The minimum Gasteiger partial charge on any atom is -0.491 e. The van der Waals surface area contributed by atoms with Crippen molar-refractivity contribution < 1.29 is 9.47 Å². The summed E-state index contributed by atoms with van der Waals surface area (Å²) in [6.45, 7) is 4.07. The molecule has 3 N–H and O–H groups in total. The van der Waals surface area contributed by atoms with Crippen molar-refractivity contribution in [2.45, 2.75) is 19.4 Å². The summed E-state index contributed by atoms with van der Waals surface area (Å²) in [6.07, 6.45) is 7.95. The first-order valence-electron chi connectivity index (χ1n) is 11.3. The molecule has 0 bridgehead atoms. The average molecular weight is 448 g/mol. The number of pyridine rings is 1. The molecule has 4 heterocycles. The molecule has 1 aliphatic heterocycles. The molecule has 172 valence electrons. The molecule has 1 fully saturated rings. The molecule has 1 saturated heterocycles. The number of methoxy groups -OCH3 is 1. The molecule has 1 unspecified atom stereocenters. The Morgan fingerprint density at radius 3 is 3.06 bits per heavy atom. The van der Waals surface area contributed by atoms with Crippen molar-refractivity contribution in [2.24, 2.45) is 16.6 Å². The van der Waals surface area contributed by atoms with Crippen molar-refractivity contribution in [1.29, 1.82) is 0 Å². The van der Waals surface area contributed by atoms with Crippen molar-refractivity contribution >= 4 is 28.1 Å². The van der Waals surface area contributed by atoms with E-state index in [4.69, 9.17) is 20.2 Å². The van der Waals surface area contributed by atoms with Crippen LogP contribution in [0.5, 0.6) is 5.75 Å². The molecule has 4 aromatic rings. The first-order valence-corrected chi connectivity index (χ1v) is 11.3. The van der Waals surface area contributed by atoms with Gasteiger partial charge in [0.2, 0.25) is 0 Å². The lowest BCUT2D eigenvalue weighted by molar-refractivity contribution is 0.146. The zero-order chi connectivity index (χ0) is 22.6. The SMILES string of the molecule is COCCOc1ccn2c(C(N)=Nc3cccc4c3cnn4CC3CCCNC3)cnc2c1. The van der Waals surface area contributed by atoms with Gasteiger partial charge in [0, 0.05) is 31.3 Å². The molecule has 9 nitrogen and oxygen atoms in total. The molecule has 9 heteroatoms. The van der Waals surface area contributed by atoms with Gasteiger partial charge in [0.1, 0.15) is 29.5 Å². The molecule has 0 saturated carbocycles. The average Bonchev–Trinajstić information content (AvgIpc) is 3.45. The van der Waals surface area contributed by atoms with E-state index in [1.807, 2.05) is 41.1 Å². The molecule has 0 aliphatic carbocycles. The van der Waals surface area contributed by atoms with Crippen LogP contribution in [0.2, 0.25) is 0 Å². The minimum absolute atomic E-state index is 0.396. The van der Waals surface area contributed by atoms with E-state index in [9.17, 15) is 0 Å². The van der Waals surface area contributed by atoms with Gasteiger partial charge in [-0.15, -0.1) is 0 Å². The predicted molar refractivity (Wildman–Crippen MR) is 128 cm³/mol. The van der Waals surface area contributed by atoms with E-state index >= 15 is 0 Å². The number of aliphatic imine (C=N–C) groups is 1. The van der Waals surface area contributed by atoms with E-state index in [1.54, 1.807) is 13.3 Å². The maximum atomic E-state index is 6.43. The molecule has 0 amide bonds. The van der Waals surface area contributed by atoms with Gasteiger partial charge in [0.25, 0.3) is 0 Å². The van der Waals surface area contributed by atoms with E-state index in [0.717, 1.165) is 53.3 Å². The van der Waals surface area contributed by atoms with Gasteiger partial charge >= 0.3 is 0 Å². The fraction of sp³-hybridized carbons (Fsp3) is 0.375. The van der Waals surface area contributed by atoms with Crippen LogP contribution in [-0.4, -0.2) is 58.4 Å². The number of rotatable bonds is 8. The van der Waals surface area contributed by atoms with Gasteiger partial charge in [0.15, 0.2) is 0 Å². The zero-order valence-electron chi connectivity index (χ0n) is 18.8. The summed E-state index contributed by atoms with van der Waals surface area (Å²) < 4.78 is 14.7. The number of fused-ring (bicyclic) bond motifs is 2. The van der Waals surface area contributed by atoms with Crippen molar-refractivity contribution in [3.8, 4) is 5.75 Å². The summed E-state index contributed by atoms with van der Waals surface area (Å²) in [5.74, 6) is 1.73. The Morgan fingerprint density at radius 1 is 1.27 bits per heavy atom. The topological polar surface area (TPSA) is 104 Å². The summed E-state index contributed by atoms with van der Waals surface area (Å²) >= 11 is 0. The highest BCUT2D eigenvalue weighted by molar-refractivity contribution is 6.01. The number of benzene rings is 1. The van der Waals surface area contributed by atoms with Crippen LogP contribution in [0.3, 0.4) is 0 Å². The Balaban J connectivity index is 1.40. The lowest BCUT2D eigenvalue weighted by Crippen LogP contribution is -2.32. The Kier molecular flexibility index (Phi) is 6.23. The number of amidine groups is 1. The van der Waals surface area contributed by atoms with Gasteiger partial charge < -0.3 is 20.5 Å². The fourth-order valence-corrected chi connectivity index (χ4v) is 4.33. The van der Waals surface area contributed by atoms with Crippen molar-refractivity contribution in [3.63, 3.8) is 0 Å². The van der Waals surface area contributed by atoms with Crippen LogP contribution >= 0.6 is 0 Å². The highest BCUT2D eigenvalue weighted by Crippen LogP contribution is 2.27. The van der Waals surface area contributed by atoms with Gasteiger partial charge in [-0.05, 0) is 50.0 Å². The Labute approximate surface area is 192 Å². The van der Waals surface area contributed by atoms with Crippen LogP contribution in [0.15, 0.2) is 53.9 Å². The first kappa shape index (κ1) is 21.4. The number of hydrogen-bond donors (Lipinski definition) is 2. The van der Waals surface area contributed by atoms with Crippen LogP contribution in [0, 0.1) is 5.92 Å². The number of nitrogens with one attached hydrogen (secondary N) is 1. The quantitative estimate of drug-likeness (QED) is 0.245. The fourth-order valence-electron chi connectivity index (χ4n) is 4.33. The van der Waals surface area contributed by atoms with Gasteiger partial charge in [-0.25, -0.2) is 9.98 Å². The van der Waals surface area contributed by atoms with E-state index in [-0.39, 0.29) is 0 Å². The monoisotopic (exact) mass is 447 g/mol. The molecule has 5 rings (SSSR count). The first-order chi connectivity index (χ1) is 16.2. The molecule has 33 heavy (non-hydrogen) atoms. The van der Waals surface area contributed by atoms with Crippen LogP contribution in [-0.2, 0) is 11.3 Å². The number of nitrogens with two attached hydrogens (primary N) is 1. The maximum Gasteiger partial charge on any atom is 0.150 e. The standard InChI is InChI=1S/C24H29N7O2/c1-32-10-11-33-18-7-9-30-22(15-27-23(30)12-18)24(25)29-20-5-2-6-21-19(20)14-28-31(21)16-17-4-3-8-26-13-17/h2,5-7,9,12,14-15,17,26H,3-4,8,10-11,13,16H2,1H3,(H2,25,29). The molecule has 1 aromatic carbocycles. The van der Waals surface area contributed by atoms with Crippen molar-refractivity contribution in [1.82, 2.24) is 24.5 Å². The van der Waals surface area contributed by atoms with Gasteiger partial charge in [0.05, 0.1) is 30.2 Å². The summed E-state index contributed by atoms with van der Waals surface area (Å²) in [5, 5.41) is 9.12. The second-order valence-electron chi connectivity index (χ2n) is 8.32. The van der Waals surface area contributed by atoms with Crippen LogP contribution in [0.1, 0.15) is 18.5 Å². The van der Waals surface area contributed by atoms with E-state index in [2.05, 4.69) is 26.1 Å². The van der Waals surface area contributed by atoms with E-state index < -0.39 is 0 Å². The van der Waals surface area contributed by atoms with Crippen molar-refractivity contribution in [3.05, 3.63) is 54.6 Å². The van der Waals surface area contributed by atoms with Crippen LogP contribution < -0.4 is 15.8 Å². The minimum atomic E-state index is 0.396. The van der Waals surface area contributed by atoms with Gasteiger partial charge in [-0.2, -0.15) is 5.10 Å². The van der Waals surface area contributed by atoms with E-state index in [0.29, 0.717) is 25.0 Å². The number of ether oxygens (including phenoxy) is 2. The number of piperidine rings is 1. The second kappa shape index (κ2) is 9.60. The normalized spacial score (nSPS) is 17.1. The predicted octanol–water partition coefficient (Wildman–Crippen LogP) is 2.75. The highest BCUT2D eigenvalue weighted by atomic mass is 16.5. The lowest BCUT2D eigenvalue weighted by Gasteiger charge is -2.22. The van der Waals surface area contributed by atoms with Gasteiger partial charge in [-0.1, -0.05) is 6.07 Å². The lowest BCUT2D eigenvalue weighted by atomic mass is 10.00. The number of hydrogen-bond acceptors (Lipinski definition) is 6. The van der Waals surface area contributed by atoms with E-state index in [1.165, 1.54) is 12.8 Å². The molecule has 1 atom stereocenters. The summed E-state index contributed by atoms with van der Waals surface area (Å²) in [5.41, 5.74) is 9.77. The van der Waals surface area contributed by atoms with Gasteiger partial charge in [-0.3, -0.25) is 9.08 Å². The Hall–Kier alpha value is -3.43. The van der Waals surface area contributed by atoms with Crippen LogP contribution in [0.4, 0.5) is 5.69 Å². The third-order valence-corrected chi connectivity index (χ3v) is 6.04. The summed E-state index contributed by atoms with van der Waals surface area (Å²) in [6, 6.07) is 9.81. The second-order valence-corrected chi connectivity index (χ2v) is 8.32. The molecular formula is C24H29N7O2. The summed E-state index contributed by atoms with van der Waals surface area (Å²) in [7, 11) is 1.65. The molecule has 0 radical (unpaired) electrons. The van der Waals surface area contributed by atoms with Crippen molar-refractivity contribution in [2.75, 3.05) is 33.4 Å². The summed E-state index contributed by atoms with van der Waals surface area (Å²) in [4.78, 5) is 9.21.